The fourth-order valence-electron chi connectivity index (χ4n) is 2.63. The van der Waals surface area contributed by atoms with Gasteiger partial charge in [-0.1, -0.05) is 29.3 Å². The minimum Gasteiger partial charge on any atom is -0.454 e. The molecular weight excluding hydrogens is 316 g/mol. The van der Waals surface area contributed by atoms with Crippen LogP contribution in [0.1, 0.15) is 39.9 Å². The first-order valence-electron chi connectivity index (χ1n) is 8.45. The van der Waals surface area contributed by atoms with E-state index in [0.717, 1.165) is 19.5 Å². The Bertz CT molecular complexity index is 729. The lowest BCUT2D eigenvalue weighted by Gasteiger charge is -2.11. The molecule has 0 bridgehead atoms. The summed E-state index contributed by atoms with van der Waals surface area (Å²) in [6.07, 6.45) is 0.916. The summed E-state index contributed by atoms with van der Waals surface area (Å²) in [7, 11) is 0. The molecule has 0 aliphatic heterocycles. The predicted molar refractivity (Wildman–Crippen MR) is 99.7 cm³/mol. The van der Waals surface area contributed by atoms with Gasteiger partial charge in [0.25, 0.3) is 5.91 Å². The third kappa shape index (κ3) is 5.99. The molecule has 1 heterocycles. The number of primary amides is 1. The van der Waals surface area contributed by atoms with E-state index in [4.69, 9.17) is 10.2 Å². The Labute approximate surface area is 148 Å². The molecule has 0 radical (unpaired) electrons. The number of carbonyl (C=O) groups excluding carboxylic acids is 1. The zero-order valence-corrected chi connectivity index (χ0v) is 15.1. The molecule has 0 aliphatic rings. The number of nitrogens with zero attached hydrogens (tertiary/aromatic N) is 1. The van der Waals surface area contributed by atoms with Gasteiger partial charge in [-0.3, -0.25) is 4.79 Å². The van der Waals surface area contributed by atoms with E-state index in [2.05, 4.69) is 47.7 Å². The minimum absolute atomic E-state index is 0.151. The fraction of sp³-hybridized carbons (Fsp3) is 0.368. The number of guanidine groups is 1. The summed E-state index contributed by atoms with van der Waals surface area (Å²) in [5, 5.41) is 6.51. The smallest absolute Gasteiger partial charge is 0.284 e. The Morgan fingerprint density at radius 2 is 1.88 bits per heavy atom. The molecule has 1 amide bonds. The number of nitrogens with two attached hydrogens (primary N) is 1. The highest BCUT2D eigenvalue weighted by Crippen LogP contribution is 2.09. The molecule has 0 atom stereocenters. The standard InChI is InChI=1S/C19H26N4O2/c1-4-21-19(23-12-16-5-6-17(25-16)18(20)24)22-8-7-15-10-13(2)9-14(3)11-15/h5-6,9-11H,4,7-8,12H2,1-3H3,(H2,20,24)(H2,21,22,23). The third-order valence-electron chi connectivity index (χ3n) is 3.63. The van der Waals surface area contributed by atoms with E-state index < -0.39 is 5.91 Å². The summed E-state index contributed by atoms with van der Waals surface area (Å²) in [6.45, 7) is 8.11. The van der Waals surface area contributed by atoms with E-state index in [9.17, 15) is 4.79 Å². The normalized spacial score (nSPS) is 11.4. The Morgan fingerprint density at radius 3 is 2.48 bits per heavy atom. The van der Waals surface area contributed by atoms with Crippen molar-refractivity contribution in [1.29, 1.82) is 0 Å². The molecule has 6 heteroatoms. The lowest BCUT2D eigenvalue weighted by atomic mass is 10.1. The van der Waals surface area contributed by atoms with Crippen molar-refractivity contribution in [3.8, 4) is 0 Å². The number of benzene rings is 1. The average molecular weight is 342 g/mol. The fourth-order valence-corrected chi connectivity index (χ4v) is 2.63. The molecule has 0 saturated carbocycles. The number of amides is 1. The molecule has 0 saturated heterocycles. The molecule has 0 aliphatic carbocycles. The molecule has 2 aromatic rings. The van der Waals surface area contributed by atoms with E-state index in [1.807, 2.05) is 6.92 Å². The predicted octanol–water partition coefficient (Wildman–Crippen LogP) is 2.29. The second-order valence-electron chi connectivity index (χ2n) is 6.00. The number of rotatable bonds is 7. The Balaban J connectivity index is 1.91. The summed E-state index contributed by atoms with van der Waals surface area (Å²) >= 11 is 0. The van der Waals surface area contributed by atoms with Gasteiger partial charge >= 0.3 is 0 Å². The van der Waals surface area contributed by atoms with Gasteiger partial charge in [0.05, 0.1) is 0 Å². The third-order valence-corrected chi connectivity index (χ3v) is 3.63. The lowest BCUT2D eigenvalue weighted by Crippen LogP contribution is -2.38. The van der Waals surface area contributed by atoms with Crippen LogP contribution >= 0.6 is 0 Å². The van der Waals surface area contributed by atoms with Gasteiger partial charge in [-0.25, -0.2) is 4.99 Å². The molecule has 1 aromatic carbocycles. The SMILES string of the molecule is CCNC(=NCc1ccc(C(N)=O)o1)NCCc1cc(C)cc(C)c1. The molecular formula is C19H26N4O2. The second-order valence-corrected chi connectivity index (χ2v) is 6.00. The van der Waals surface area contributed by atoms with Crippen LogP contribution in [0.5, 0.6) is 0 Å². The van der Waals surface area contributed by atoms with Crippen LogP contribution in [0, 0.1) is 13.8 Å². The zero-order chi connectivity index (χ0) is 18.2. The topological polar surface area (TPSA) is 92.6 Å². The maximum atomic E-state index is 11.0. The quantitative estimate of drug-likeness (QED) is 0.532. The number of nitrogens with one attached hydrogen (secondary N) is 2. The van der Waals surface area contributed by atoms with Crippen LogP contribution in [0.2, 0.25) is 0 Å². The molecule has 0 fully saturated rings. The van der Waals surface area contributed by atoms with Crippen LogP contribution in [0.15, 0.2) is 39.7 Å². The largest absolute Gasteiger partial charge is 0.454 e. The summed E-state index contributed by atoms with van der Waals surface area (Å²) < 4.78 is 5.34. The summed E-state index contributed by atoms with van der Waals surface area (Å²) in [5.41, 5.74) is 9.04. The van der Waals surface area contributed by atoms with Gasteiger partial charge < -0.3 is 20.8 Å². The van der Waals surface area contributed by atoms with E-state index in [0.29, 0.717) is 18.3 Å². The first-order valence-corrected chi connectivity index (χ1v) is 8.45. The van der Waals surface area contributed by atoms with Crippen molar-refractivity contribution in [2.45, 2.75) is 33.7 Å². The molecule has 0 spiro atoms. The maximum absolute atomic E-state index is 11.0. The number of aryl methyl sites for hydroxylation is 2. The molecule has 6 nitrogen and oxygen atoms in total. The Hall–Kier alpha value is -2.76. The zero-order valence-electron chi connectivity index (χ0n) is 15.1. The van der Waals surface area contributed by atoms with Crippen molar-refractivity contribution >= 4 is 11.9 Å². The number of hydrogen-bond acceptors (Lipinski definition) is 3. The van der Waals surface area contributed by atoms with Crippen molar-refractivity contribution < 1.29 is 9.21 Å². The van der Waals surface area contributed by atoms with Crippen molar-refractivity contribution in [2.75, 3.05) is 13.1 Å². The highest BCUT2D eigenvalue weighted by Gasteiger charge is 2.07. The highest BCUT2D eigenvalue weighted by atomic mass is 16.3. The molecule has 2 rings (SSSR count). The average Bonchev–Trinajstić information content (AvgIpc) is 3.01. The molecule has 134 valence electrons. The highest BCUT2D eigenvalue weighted by molar-refractivity contribution is 5.89. The minimum atomic E-state index is -0.575. The first-order chi connectivity index (χ1) is 12.0. The van der Waals surface area contributed by atoms with E-state index in [-0.39, 0.29) is 5.76 Å². The van der Waals surface area contributed by atoms with Gasteiger partial charge in [0.15, 0.2) is 11.7 Å². The van der Waals surface area contributed by atoms with Gasteiger partial charge in [0.1, 0.15) is 12.3 Å². The van der Waals surface area contributed by atoms with Crippen molar-refractivity contribution in [1.82, 2.24) is 10.6 Å². The van der Waals surface area contributed by atoms with E-state index >= 15 is 0 Å². The van der Waals surface area contributed by atoms with Crippen LogP contribution in [0.3, 0.4) is 0 Å². The van der Waals surface area contributed by atoms with E-state index in [1.54, 1.807) is 12.1 Å². The molecule has 1 aromatic heterocycles. The van der Waals surface area contributed by atoms with Crippen LogP contribution in [-0.2, 0) is 13.0 Å². The second kappa shape index (κ2) is 8.92. The number of furan rings is 1. The molecule has 25 heavy (non-hydrogen) atoms. The molecule has 4 N–H and O–H groups in total. The van der Waals surface area contributed by atoms with Gasteiger partial charge in [0, 0.05) is 13.1 Å². The van der Waals surface area contributed by atoms with Gasteiger partial charge in [-0.2, -0.15) is 0 Å². The van der Waals surface area contributed by atoms with Crippen LogP contribution in [0.25, 0.3) is 0 Å². The van der Waals surface area contributed by atoms with Crippen LogP contribution in [0.4, 0.5) is 0 Å². The maximum Gasteiger partial charge on any atom is 0.284 e. The van der Waals surface area contributed by atoms with Gasteiger partial charge in [0.2, 0.25) is 0 Å². The monoisotopic (exact) mass is 342 g/mol. The van der Waals surface area contributed by atoms with Crippen LogP contribution in [-0.4, -0.2) is 25.0 Å². The Kier molecular flexibility index (Phi) is 6.62. The first kappa shape index (κ1) is 18.6. The van der Waals surface area contributed by atoms with Gasteiger partial charge in [-0.05, 0) is 44.9 Å². The number of carbonyl (C=O) groups is 1. The summed E-state index contributed by atoms with van der Waals surface area (Å²) in [6, 6.07) is 9.85. The van der Waals surface area contributed by atoms with Crippen molar-refractivity contribution in [3.63, 3.8) is 0 Å². The molecule has 0 unspecified atom stereocenters. The summed E-state index contributed by atoms with van der Waals surface area (Å²) in [5.74, 6) is 0.885. The number of aliphatic imine (C=N–C) groups is 1. The summed E-state index contributed by atoms with van der Waals surface area (Å²) in [4.78, 5) is 15.5. The Morgan fingerprint density at radius 1 is 1.16 bits per heavy atom. The van der Waals surface area contributed by atoms with Crippen molar-refractivity contribution in [2.24, 2.45) is 10.7 Å². The van der Waals surface area contributed by atoms with Crippen LogP contribution < -0.4 is 16.4 Å². The number of hydrogen-bond donors (Lipinski definition) is 3. The lowest BCUT2D eigenvalue weighted by molar-refractivity contribution is 0.0972. The van der Waals surface area contributed by atoms with Gasteiger partial charge in [-0.15, -0.1) is 0 Å². The van der Waals surface area contributed by atoms with E-state index in [1.165, 1.54) is 16.7 Å². The van der Waals surface area contributed by atoms with Crippen molar-refractivity contribution in [3.05, 3.63) is 58.5 Å².